The van der Waals surface area contributed by atoms with Gasteiger partial charge in [-0.1, -0.05) is 41.6 Å². The van der Waals surface area contributed by atoms with E-state index in [0.29, 0.717) is 28.2 Å². The number of thioether (sulfide) groups is 1. The minimum atomic E-state index is 0.0180. The minimum Gasteiger partial charge on any atom is -0.285 e. The van der Waals surface area contributed by atoms with Crippen molar-refractivity contribution < 1.29 is 4.79 Å². The summed E-state index contributed by atoms with van der Waals surface area (Å²) in [6, 6.07) is 13.1. The van der Waals surface area contributed by atoms with Gasteiger partial charge in [-0.3, -0.25) is 14.7 Å². The summed E-state index contributed by atoms with van der Waals surface area (Å²) in [5.74, 6) is 0.391. The first-order chi connectivity index (χ1) is 11.6. The predicted octanol–water partition coefficient (Wildman–Crippen LogP) is 3.59. The molecule has 1 fully saturated rings. The fourth-order valence-electron chi connectivity index (χ4n) is 2.19. The molecular formula is C17H15ClN4OS. The van der Waals surface area contributed by atoms with Crippen LogP contribution in [0, 0.1) is 0 Å². The molecule has 2 aromatic rings. The van der Waals surface area contributed by atoms with Crippen LogP contribution in [0.15, 0.2) is 58.9 Å². The molecule has 7 heteroatoms. The Labute approximate surface area is 149 Å². The molecule has 1 amide bonds. The van der Waals surface area contributed by atoms with Crippen molar-refractivity contribution in [3.63, 3.8) is 0 Å². The van der Waals surface area contributed by atoms with Gasteiger partial charge in [-0.15, -0.1) is 5.10 Å². The molecule has 1 aromatic carbocycles. The Balaban J connectivity index is 1.80. The lowest BCUT2D eigenvalue weighted by molar-refractivity contribution is -0.124. The maximum atomic E-state index is 12.1. The lowest BCUT2D eigenvalue weighted by Crippen LogP contribution is -2.28. The van der Waals surface area contributed by atoms with Gasteiger partial charge >= 0.3 is 0 Å². The van der Waals surface area contributed by atoms with Crippen molar-refractivity contribution in [2.75, 3.05) is 5.75 Å². The number of hydrogen-bond donors (Lipinski definition) is 0. The number of carbonyl (C=O) groups is 1. The van der Waals surface area contributed by atoms with Crippen molar-refractivity contribution in [1.29, 1.82) is 0 Å². The van der Waals surface area contributed by atoms with E-state index in [2.05, 4.69) is 15.2 Å². The smallest absolute Gasteiger partial charge is 0.239 e. The van der Waals surface area contributed by atoms with Crippen LogP contribution < -0.4 is 0 Å². The molecule has 0 aliphatic carbocycles. The van der Waals surface area contributed by atoms with Crippen LogP contribution in [0.3, 0.4) is 0 Å². The number of pyridine rings is 1. The Morgan fingerprint density at radius 3 is 2.96 bits per heavy atom. The summed E-state index contributed by atoms with van der Waals surface area (Å²) >= 11 is 7.39. The van der Waals surface area contributed by atoms with Crippen molar-refractivity contribution in [3.05, 3.63) is 64.9 Å². The second-order valence-electron chi connectivity index (χ2n) is 5.18. The van der Waals surface area contributed by atoms with Gasteiger partial charge < -0.3 is 0 Å². The molecular weight excluding hydrogens is 344 g/mol. The Bertz CT molecular complexity index is 807. The number of hydrogen-bond acceptors (Lipinski definition) is 5. The summed E-state index contributed by atoms with van der Waals surface area (Å²) < 4.78 is 0. The lowest BCUT2D eigenvalue weighted by atomic mass is 10.2. The first-order valence-electron chi connectivity index (χ1n) is 7.35. The highest BCUT2D eigenvalue weighted by Crippen LogP contribution is 2.23. The second kappa shape index (κ2) is 7.59. The van der Waals surface area contributed by atoms with Crippen LogP contribution in [-0.2, 0) is 11.3 Å². The lowest BCUT2D eigenvalue weighted by Gasteiger charge is -2.15. The van der Waals surface area contributed by atoms with E-state index in [0.717, 1.165) is 11.3 Å². The molecule has 122 valence electrons. The van der Waals surface area contributed by atoms with E-state index in [1.807, 2.05) is 43.3 Å². The normalized spacial score (nSPS) is 16.9. The summed E-state index contributed by atoms with van der Waals surface area (Å²) in [4.78, 5) is 18.0. The van der Waals surface area contributed by atoms with E-state index in [9.17, 15) is 4.79 Å². The molecule has 3 rings (SSSR count). The van der Waals surface area contributed by atoms with Gasteiger partial charge in [0, 0.05) is 11.2 Å². The van der Waals surface area contributed by atoms with Gasteiger partial charge in [-0.05, 0) is 36.8 Å². The van der Waals surface area contributed by atoms with E-state index in [-0.39, 0.29) is 5.91 Å². The van der Waals surface area contributed by atoms with E-state index >= 15 is 0 Å². The van der Waals surface area contributed by atoms with Gasteiger partial charge in [0.1, 0.15) is 0 Å². The molecule has 0 saturated carbocycles. The summed E-state index contributed by atoms with van der Waals surface area (Å²) in [7, 11) is 0. The predicted molar refractivity (Wildman–Crippen MR) is 98.3 cm³/mol. The van der Waals surface area contributed by atoms with Gasteiger partial charge in [0.05, 0.1) is 23.7 Å². The molecule has 0 radical (unpaired) electrons. The van der Waals surface area contributed by atoms with Crippen molar-refractivity contribution in [2.24, 2.45) is 10.2 Å². The fraction of sp³-hybridized carbons (Fsp3) is 0.176. The van der Waals surface area contributed by atoms with Crippen LogP contribution >= 0.6 is 23.4 Å². The van der Waals surface area contributed by atoms with Crippen LogP contribution in [0.4, 0.5) is 0 Å². The number of aromatic nitrogens is 1. The van der Waals surface area contributed by atoms with Crippen molar-refractivity contribution >= 4 is 40.1 Å². The third-order valence-corrected chi connectivity index (χ3v) is 4.59. The zero-order chi connectivity index (χ0) is 16.9. The van der Waals surface area contributed by atoms with Crippen LogP contribution in [0.5, 0.6) is 0 Å². The Morgan fingerprint density at radius 2 is 2.21 bits per heavy atom. The monoisotopic (exact) mass is 358 g/mol. The topological polar surface area (TPSA) is 57.9 Å². The highest BCUT2D eigenvalue weighted by molar-refractivity contribution is 8.15. The van der Waals surface area contributed by atoms with E-state index in [1.165, 1.54) is 11.8 Å². The van der Waals surface area contributed by atoms with Crippen molar-refractivity contribution in [1.82, 2.24) is 9.88 Å². The number of halogens is 1. The second-order valence-corrected chi connectivity index (χ2v) is 6.56. The molecule has 0 spiro atoms. The SMILES string of the molecule is C/C(=N\N=C1/SCC(=O)N1Cc1cccc(Cl)c1)c1ccccn1. The average Bonchev–Trinajstić information content (AvgIpc) is 2.94. The van der Waals surface area contributed by atoms with Gasteiger partial charge in [0.2, 0.25) is 5.91 Å². The molecule has 0 N–H and O–H groups in total. The molecule has 24 heavy (non-hydrogen) atoms. The van der Waals surface area contributed by atoms with Gasteiger partial charge in [-0.25, -0.2) is 0 Å². The maximum Gasteiger partial charge on any atom is 0.239 e. The highest BCUT2D eigenvalue weighted by atomic mass is 35.5. The van der Waals surface area contributed by atoms with Crippen molar-refractivity contribution in [2.45, 2.75) is 13.5 Å². The quantitative estimate of drug-likeness (QED) is 0.620. The first kappa shape index (κ1) is 16.7. The maximum absolute atomic E-state index is 12.1. The Morgan fingerprint density at radius 1 is 1.33 bits per heavy atom. The molecule has 0 atom stereocenters. The van der Waals surface area contributed by atoms with Gasteiger partial charge in [0.15, 0.2) is 5.17 Å². The standard InChI is InChI=1S/C17H15ClN4OS/c1-12(15-7-2-3-8-19-15)20-21-17-22(16(23)11-24-17)10-13-5-4-6-14(18)9-13/h2-9H,10-11H2,1H3/b20-12+,21-17-. The van der Waals surface area contributed by atoms with Crippen LogP contribution in [-0.4, -0.2) is 32.4 Å². The van der Waals surface area contributed by atoms with Crippen molar-refractivity contribution in [3.8, 4) is 0 Å². The molecule has 1 aliphatic rings. The Hall–Kier alpha value is -2.18. The zero-order valence-electron chi connectivity index (χ0n) is 13.0. The molecule has 1 saturated heterocycles. The number of benzene rings is 1. The fourth-order valence-corrected chi connectivity index (χ4v) is 3.23. The van der Waals surface area contributed by atoms with E-state index in [4.69, 9.17) is 11.6 Å². The average molecular weight is 359 g/mol. The largest absolute Gasteiger partial charge is 0.285 e. The summed E-state index contributed by atoms with van der Waals surface area (Å²) in [6.45, 7) is 2.28. The summed E-state index contributed by atoms with van der Waals surface area (Å²) in [6.07, 6.45) is 1.71. The van der Waals surface area contributed by atoms with Crippen LogP contribution in [0.1, 0.15) is 18.2 Å². The van der Waals surface area contributed by atoms with Crippen LogP contribution in [0.25, 0.3) is 0 Å². The molecule has 2 heterocycles. The molecule has 0 bridgehead atoms. The third-order valence-electron chi connectivity index (χ3n) is 3.41. The number of nitrogens with zero attached hydrogens (tertiary/aromatic N) is 4. The number of amides is 1. The van der Waals surface area contributed by atoms with Gasteiger partial charge in [0.25, 0.3) is 0 Å². The summed E-state index contributed by atoms with van der Waals surface area (Å²) in [5.41, 5.74) is 2.42. The molecule has 1 aromatic heterocycles. The minimum absolute atomic E-state index is 0.0180. The van der Waals surface area contributed by atoms with E-state index < -0.39 is 0 Å². The number of carbonyl (C=O) groups excluding carboxylic acids is 1. The highest BCUT2D eigenvalue weighted by Gasteiger charge is 2.28. The first-order valence-corrected chi connectivity index (χ1v) is 8.71. The molecule has 0 unspecified atom stereocenters. The molecule has 1 aliphatic heterocycles. The molecule has 5 nitrogen and oxygen atoms in total. The summed E-state index contributed by atoms with van der Waals surface area (Å²) in [5, 5.41) is 9.71. The number of amidine groups is 1. The number of rotatable bonds is 4. The zero-order valence-corrected chi connectivity index (χ0v) is 14.6. The van der Waals surface area contributed by atoms with Gasteiger partial charge in [-0.2, -0.15) is 5.10 Å². The van der Waals surface area contributed by atoms with Crippen LogP contribution in [0.2, 0.25) is 5.02 Å². The Kier molecular flexibility index (Phi) is 5.27. The third kappa shape index (κ3) is 4.01. The van der Waals surface area contributed by atoms with E-state index in [1.54, 1.807) is 17.2 Å².